The van der Waals surface area contributed by atoms with Crippen LogP contribution in [0, 0.1) is 5.92 Å². The Kier molecular flexibility index (Phi) is 3.97. The Morgan fingerprint density at radius 2 is 2.33 bits per heavy atom. The first-order valence-corrected chi connectivity index (χ1v) is 6.73. The lowest BCUT2D eigenvalue weighted by Crippen LogP contribution is -2.46. The minimum atomic E-state index is -0.428. The fourth-order valence-electron chi connectivity index (χ4n) is 2.31. The number of carbonyl (C=O) groups is 1. The Hall–Kier alpha value is -1.00. The molecule has 0 radical (unpaired) electrons. The summed E-state index contributed by atoms with van der Waals surface area (Å²) in [5, 5.41) is 10.4. The number of halogens is 1. The van der Waals surface area contributed by atoms with Crippen LogP contribution in [-0.2, 0) is 6.54 Å². The zero-order valence-corrected chi connectivity index (χ0v) is 11.5. The summed E-state index contributed by atoms with van der Waals surface area (Å²) in [6.07, 6.45) is 2.17. The Balaban J connectivity index is 2.16. The molecular formula is C13H19ClN2O2. The van der Waals surface area contributed by atoms with Crippen molar-refractivity contribution in [2.24, 2.45) is 5.92 Å². The minimum absolute atomic E-state index is 0.0466. The number of nitrogens with zero attached hydrogens (tertiary/aromatic N) is 2. The normalized spacial score (nSPS) is 24.3. The molecule has 2 rings (SSSR count). The fourth-order valence-corrected chi connectivity index (χ4v) is 2.53. The molecule has 18 heavy (non-hydrogen) atoms. The van der Waals surface area contributed by atoms with Gasteiger partial charge in [-0.15, -0.1) is 0 Å². The van der Waals surface area contributed by atoms with E-state index in [9.17, 15) is 9.90 Å². The first-order valence-electron chi connectivity index (χ1n) is 6.36. The van der Waals surface area contributed by atoms with Crippen LogP contribution < -0.4 is 0 Å². The van der Waals surface area contributed by atoms with Gasteiger partial charge in [0.1, 0.15) is 5.69 Å². The number of carbonyl (C=O) groups excluding carboxylic acids is 1. The molecule has 1 amide bonds. The number of hydrogen-bond donors (Lipinski definition) is 1. The van der Waals surface area contributed by atoms with Crippen molar-refractivity contribution in [3.63, 3.8) is 0 Å². The van der Waals surface area contributed by atoms with Gasteiger partial charge in [-0.2, -0.15) is 0 Å². The highest BCUT2D eigenvalue weighted by Crippen LogP contribution is 2.21. The van der Waals surface area contributed by atoms with Crippen molar-refractivity contribution in [3.05, 3.63) is 23.0 Å². The number of rotatable bonds is 2. The maximum atomic E-state index is 12.4. The molecule has 5 heteroatoms. The van der Waals surface area contributed by atoms with E-state index in [2.05, 4.69) is 0 Å². The molecule has 0 saturated carbocycles. The molecule has 1 N–H and O–H groups in total. The van der Waals surface area contributed by atoms with E-state index in [0.717, 1.165) is 6.42 Å². The van der Waals surface area contributed by atoms with E-state index in [1.54, 1.807) is 17.2 Å². The van der Waals surface area contributed by atoms with Crippen molar-refractivity contribution in [1.29, 1.82) is 0 Å². The lowest BCUT2D eigenvalue weighted by atomic mass is 9.96. The number of hydrogen-bond acceptors (Lipinski definition) is 2. The quantitative estimate of drug-likeness (QED) is 0.893. The smallest absolute Gasteiger partial charge is 0.270 e. The molecule has 1 aromatic heterocycles. The van der Waals surface area contributed by atoms with Crippen molar-refractivity contribution >= 4 is 17.5 Å². The van der Waals surface area contributed by atoms with Crippen LogP contribution in [0.15, 0.2) is 12.3 Å². The summed E-state index contributed by atoms with van der Waals surface area (Å²) in [7, 11) is 0. The first-order chi connectivity index (χ1) is 8.52. The van der Waals surface area contributed by atoms with E-state index in [1.165, 1.54) is 0 Å². The maximum absolute atomic E-state index is 12.4. The molecular weight excluding hydrogens is 252 g/mol. The number of β-amino-alcohol motifs (C(OH)–C–C–N with tert-alkyl or cyclic N) is 1. The van der Waals surface area contributed by atoms with Crippen molar-refractivity contribution in [2.45, 2.75) is 32.9 Å². The number of aryl methyl sites for hydroxylation is 1. The van der Waals surface area contributed by atoms with Gasteiger partial charge in [0.2, 0.25) is 0 Å². The van der Waals surface area contributed by atoms with Crippen molar-refractivity contribution < 1.29 is 9.90 Å². The van der Waals surface area contributed by atoms with Gasteiger partial charge >= 0.3 is 0 Å². The first kappa shape index (κ1) is 13.4. The zero-order valence-electron chi connectivity index (χ0n) is 10.8. The summed E-state index contributed by atoms with van der Waals surface area (Å²) in [4.78, 5) is 14.1. The molecule has 1 aliphatic heterocycles. The van der Waals surface area contributed by atoms with E-state index in [-0.39, 0.29) is 11.8 Å². The average Bonchev–Trinajstić information content (AvgIpc) is 2.73. The van der Waals surface area contributed by atoms with Gasteiger partial charge in [-0.3, -0.25) is 4.79 Å². The van der Waals surface area contributed by atoms with E-state index in [4.69, 9.17) is 11.6 Å². The predicted molar refractivity (Wildman–Crippen MR) is 70.8 cm³/mol. The molecule has 100 valence electrons. The SMILES string of the molecule is CCn1cc(Cl)cc1C(=O)N1CCC(C)C(O)C1. The summed E-state index contributed by atoms with van der Waals surface area (Å²) in [6, 6.07) is 1.69. The number of aromatic nitrogens is 1. The van der Waals surface area contributed by atoms with Gasteiger partial charge in [0.15, 0.2) is 0 Å². The number of likely N-dealkylation sites (tertiary alicyclic amines) is 1. The molecule has 4 nitrogen and oxygen atoms in total. The molecule has 0 spiro atoms. The van der Waals surface area contributed by atoms with Crippen LogP contribution in [0.4, 0.5) is 0 Å². The third-order valence-corrected chi connectivity index (χ3v) is 3.84. The number of aliphatic hydroxyl groups excluding tert-OH is 1. The second-order valence-electron chi connectivity index (χ2n) is 4.91. The van der Waals surface area contributed by atoms with E-state index in [0.29, 0.717) is 30.4 Å². The van der Waals surface area contributed by atoms with E-state index in [1.807, 2.05) is 18.4 Å². The van der Waals surface area contributed by atoms with Gasteiger partial charge in [-0.25, -0.2) is 0 Å². The molecule has 2 atom stereocenters. The third-order valence-electron chi connectivity index (χ3n) is 3.63. The van der Waals surface area contributed by atoms with Crippen molar-refractivity contribution in [1.82, 2.24) is 9.47 Å². The van der Waals surface area contributed by atoms with Crippen LogP contribution in [0.3, 0.4) is 0 Å². The Bertz CT molecular complexity index is 444. The number of amides is 1. The summed E-state index contributed by atoms with van der Waals surface area (Å²) in [5.41, 5.74) is 0.601. The minimum Gasteiger partial charge on any atom is -0.391 e. The Morgan fingerprint density at radius 3 is 2.94 bits per heavy atom. The Morgan fingerprint density at radius 1 is 1.61 bits per heavy atom. The highest BCUT2D eigenvalue weighted by molar-refractivity contribution is 6.31. The summed E-state index contributed by atoms with van der Waals surface area (Å²) in [5.74, 6) is 0.213. The van der Waals surface area contributed by atoms with Crippen LogP contribution in [0.2, 0.25) is 5.02 Å². The van der Waals surface area contributed by atoms with Crippen LogP contribution in [-0.4, -0.2) is 39.7 Å². The lowest BCUT2D eigenvalue weighted by molar-refractivity contribution is 0.0242. The van der Waals surface area contributed by atoms with Crippen molar-refractivity contribution in [3.8, 4) is 0 Å². The number of piperidine rings is 1. The van der Waals surface area contributed by atoms with E-state index >= 15 is 0 Å². The van der Waals surface area contributed by atoms with Gasteiger partial charge in [-0.05, 0) is 25.3 Å². The monoisotopic (exact) mass is 270 g/mol. The van der Waals surface area contributed by atoms with Gasteiger partial charge in [0.05, 0.1) is 11.1 Å². The van der Waals surface area contributed by atoms with Crippen molar-refractivity contribution in [2.75, 3.05) is 13.1 Å². The molecule has 1 saturated heterocycles. The molecule has 2 unspecified atom stereocenters. The highest BCUT2D eigenvalue weighted by Gasteiger charge is 2.29. The molecule has 1 aromatic rings. The van der Waals surface area contributed by atoms with Crippen LogP contribution in [0.25, 0.3) is 0 Å². The molecule has 1 aliphatic rings. The molecule has 0 aromatic carbocycles. The second-order valence-corrected chi connectivity index (χ2v) is 5.35. The van der Waals surface area contributed by atoms with E-state index < -0.39 is 6.10 Å². The van der Waals surface area contributed by atoms with Crippen LogP contribution in [0.1, 0.15) is 30.8 Å². The van der Waals surface area contributed by atoms with Gasteiger partial charge < -0.3 is 14.6 Å². The standard InChI is InChI=1S/C13H19ClN2O2/c1-3-15-7-10(14)6-11(15)13(18)16-5-4-9(2)12(17)8-16/h6-7,9,12,17H,3-5,8H2,1-2H3. The van der Waals surface area contributed by atoms with Gasteiger partial charge in [0, 0.05) is 25.8 Å². The largest absolute Gasteiger partial charge is 0.391 e. The highest BCUT2D eigenvalue weighted by atomic mass is 35.5. The molecule has 2 heterocycles. The molecule has 0 bridgehead atoms. The topological polar surface area (TPSA) is 45.5 Å². The lowest BCUT2D eigenvalue weighted by Gasteiger charge is -2.34. The van der Waals surface area contributed by atoms with Gasteiger partial charge in [0.25, 0.3) is 5.91 Å². The summed E-state index contributed by atoms with van der Waals surface area (Å²) < 4.78 is 1.84. The predicted octanol–water partition coefficient (Wildman–Crippen LogP) is 2.00. The zero-order chi connectivity index (χ0) is 13.3. The molecule has 0 aliphatic carbocycles. The third kappa shape index (κ3) is 2.54. The second kappa shape index (κ2) is 5.33. The molecule has 1 fully saturated rings. The number of aliphatic hydroxyl groups is 1. The van der Waals surface area contributed by atoms with Crippen LogP contribution >= 0.6 is 11.6 Å². The summed E-state index contributed by atoms with van der Waals surface area (Å²) >= 11 is 5.94. The average molecular weight is 271 g/mol. The Labute approximate surface area is 112 Å². The summed E-state index contributed by atoms with van der Waals surface area (Å²) in [6.45, 7) is 5.80. The van der Waals surface area contributed by atoms with Crippen LogP contribution in [0.5, 0.6) is 0 Å². The fraction of sp³-hybridized carbons (Fsp3) is 0.615. The maximum Gasteiger partial charge on any atom is 0.270 e. The van der Waals surface area contributed by atoms with Gasteiger partial charge in [-0.1, -0.05) is 18.5 Å².